The van der Waals surface area contributed by atoms with Crippen molar-refractivity contribution in [3.05, 3.63) is 0 Å². The lowest BCUT2D eigenvalue weighted by Crippen LogP contribution is -2.57. The molecular formula is C36H76NO9Si+. The average Bonchev–Trinajstić information content (AvgIpc) is 3.05. The van der Waals surface area contributed by atoms with Crippen molar-refractivity contribution >= 4 is 20.7 Å². The van der Waals surface area contributed by atoms with Gasteiger partial charge in [0.25, 0.3) is 0 Å². The van der Waals surface area contributed by atoms with E-state index >= 15 is 0 Å². The van der Waals surface area contributed by atoms with Gasteiger partial charge in [0.1, 0.15) is 0 Å². The third-order valence-corrected chi connectivity index (χ3v) is 12.4. The predicted octanol–water partition coefficient (Wildman–Crippen LogP) is 7.81. The minimum Gasteiger partial charge on any atom is -0.479 e. The van der Waals surface area contributed by atoms with Crippen LogP contribution in [0.5, 0.6) is 0 Å². The monoisotopic (exact) mass is 695 g/mol. The van der Waals surface area contributed by atoms with Gasteiger partial charge in [-0.3, -0.25) is 0 Å². The van der Waals surface area contributed by atoms with Gasteiger partial charge in [0, 0.05) is 21.3 Å². The highest BCUT2D eigenvalue weighted by atomic mass is 28.4. The topological polar surface area (TPSA) is 143 Å². The van der Waals surface area contributed by atoms with E-state index in [4.69, 9.17) is 33.7 Å². The standard InChI is InChI=1S/C32H70NO3Si.C4H6O6/c1-8-11-12-13-14-15-16-17-18-19-20-21-22-23-24-25-26-27-30-33(28-9-2,29-10-3)31-32(4)37(34-5,35-6)36-7;5-1(3(7)8)2(6)4(9)10/h32H,8-31H2,1-7H3;1-2,5-6H,(H,7,8)(H,9,10)/q+1;. The summed E-state index contributed by atoms with van der Waals surface area (Å²) in [6.07, 6.45) is 23.7. The molecule has 0 aliphatic carbocycles. The molecule has 0 aliphatic heterocycles. The van der Waals surface area contributed by atoms with Crippen LogP contribution in [0.15, 0.2) is 0 Å². The van der Waals surface area contributed by atoms with Crippen molar-refractivity contribution in [1.29, 1.82) is 0 Å². The van der Waals surface area contributed by atoms with E-state index in [0.29, 0.717) is 5.54 Å². The van der Waals surface area contributed by atoms with Crippen molar-refractivity contribution in [2.45, 2.75) is 174 Å². The van der Waals surface area contributed by atoms with Crippen molar-refractivity contribution in [2.75, 3.05) is 47.5 Å². The molecule has 0 bridgehead atoms. The summed E-state index contributed by atoms with van der Waals surface area (Å²) in [7, 11) is 2.66. The first kappa shape index (κ1) is 48.0. The molecule has 0 aromatic heterocycles. The number of carbonyl (C=O) groups is 2. The van der Waals surface area contributed by atoms with Crippen molar-refractivity contribution < 1.29 is 47.8 Å². The summed E-state index contributed by atoms with van der Waals surface area (Å²) < 4.78 is 18.7. The van der Waals surface area contributed by atoms with Crippen LogP contribution in [0.3, 0.4) is 0 Å². The fourth-order valence-electron chi connectivity index (χ4n) is 6.72. The summed E-state index contributed by atoms with van der Waals surface area (Å²) in [5.41, 5.74) is 0.307. The molecule has 0 aromatic carbocycles. The maximum absolute atomic E-state index is 9.77. The third kappa shape index (κ3) is 23.0. The van der Waals surface area contributed by atoms with Crippen LogP contribution in [-0.4, -0.2) is 105 Å². The fourth-order valence-corrected chi connectivity index (χ4v) is 9.04. The minimum absolute atomic E-state index is 0.307. The first-order chi connectivity index (χ1) is 22.5. The van der Waals surface area contributed by atoms with Gasteiger partial charge >= 0.3 is 20.7 Å². The molecule has 47 heavy (non-hydrogen) atoms. The number of hydrogen-bond acceptors (Lipinski definition) is 7. The molecule has 0 heterocycles. The van der Waals surface area contributed by atoms with Crippen LogP contribution < -0.4 is 0 Å². The first-order valence-corrected chi connectivity index (χ1v) is 20.6. The van der Waals surface area contributed by atoms with Crippen LogP contribution in [0.25, 0.3) is 0 Å². The second-order valence-corrected chi connectivity index (χ2v) is 16.8. The van der Waals surface area contributed by atoms with Crippen molar-refractivity contribution in [3.8, 4) is 0 Å². The largest absolute Gasteiger partial charge is 0.508 e. The molecule has 3 unspecified atom stereocenters. The first-order valence-electron chi connectivity index (χ1n) is 18.8. The molecule has 0 spiro atoms. The van der Waals surface area contributed by atoms with Gasteiger partial charge in [-0.2, -0.15) is 0 Å². The highest BCUT2D eigenvalue weighted by molar-refractivity contribution is 6.62. The molecule has 4 N–H and O–H groups in total. The van der Waals surface area contributed by atoms with E-state index < -0.39 is 33.0 Å². The second-order valence-electron chi connectivity index (χ2n) is 13.4. The molecule has 282 valence electrons. The average molecular weight is 695 g/mol. The maximum atomic E-state index is 9.77. The SMILES string of the molecule is CCCCCCCCCCCCCCCCCCCC[N+](CCC)(CCC)CC(C)[Si](OC)(OC)OC.O=C(O)C(O)C(O)C(=O)O. The Morgan fingerprint density at radius 3 is 1.09 bits per heavy atom. The van der Waals surface area contributed by atoms with Crippen LogP contribution in [0.4, 0.5) is 0 Å². The molecule has 11 heteroatoms. The lowest BCUT2D eigenvalue weighted by molar-refractivity contribution is -0.928. The van der Waals surface area contributed by atoms with Crippen LogP contribution in [0.2, 0.25) is 5.54 Å². The molecule has 0 radical (unpaired) electrons. The quantitative estimate of drug-likeness (QED) is 0.0315. The Morgan fingerprint density at radius 2 is 0.830 bits per heavy atom. The summed E-state index contributed by atoms with van der Waals surface area (Å²) >= 11 is 0. The fraction of sp³-hybridized carbons (Fsp3) is 0.944. The summed E-state index contributed by atoms with van der Waals surface area (Å²) in [6.45, 7) is 14.1. The van der Waals surface area contributed by atoms with E-state index in [9.17, 15) is 9.59 Å². The number of quaternary nitrogens is 1. The van der Waals surface area contributed by atoms with E-state index in [-0.39, 0.29) is 0 Å². The van der Waals surface area contributed by atoms with E-state index in [0.717, 1.165) is 6.54 Å². The Morgan fingerprint density at radius 1 is 0.532 bits per heavy atom. The van der Waals surface area contributed by atoms with Crippen LogP contribution >= 0.6 is 0 Å². The normalized spacial score (nSPS) is 13.9. The summed E-state index contributed by atoms with van der Waals surface area (Å²) in [5, 5.41) is 32.5. The molecule has 10 nitrogen and oxygen atoms in total. The summed E-state index contributed by atoms with van der Waals surface area (Å²) in [4.78, 5) is 19.5. The van der Waals surface area contributed by atoms with Gasteiger partial charge in [-0.15, -0.1) is 0 Å². The van der Waals surface area contributed by atoms with Gasteiger partial charge in [0.15, 0.2) is 12.2 Å². The molecule has 0 amide bonds. The highest BCUT2D eigenvalue weighted by Gasteiger charge is 2.48. The second kappa shape index (κ2) is 30.9. The van der Waals surface area contributed by atoms with Gasteiger partial charge in [-0.05, 0) is 25.7 Å². The zero-order valence-corrected chi connectivity index (χ0v) is 32.5. The number of aliphatic hydroxyl groups is 2. The molecule has 0 saturated carbocycles. The zero-order chi connectivity index (χ0) is 36.0. The number of carboxylic acids is 2. The zero-order valence-electron chi connectivity index (χ0n) is 31.5. The number of unbranched alkanes of at least 4 members (excludes halogenated alkanes) is 17. The van der Waals surface area contributed by atoms with Crippen LogP contribution in [0.1, 0.15) is 156 Å². The number of aliphatic hydroxyl groups excluding tert-OH is 2. The minimum atomic E-state index is -2.60. The third-order valence-electron chi connectivity index (χ3n) is 9.31. The van der Waals surface area contributed by atoms with Gasteiger partial charge < -0.3 is 38.2 Å². The van der Waals surface area contributed by atoms with E-state index in [1.807, 2.05) is 0 Å². The predicted molar refractivity (Wildman–Crippen MR) is 193 cm³/mol. The number of nitrogens with zero attached hydrogens (tertiary/aromatic N) is 1. The van der Waals surface area contributed by atoms with Crippen molar-refractivity contribution in [2.24, 2.45) is 0 Å². The lowest BCUT2D eigenvalue weighted by Gasteiger charge is -2.43. The molecule has 0 fully saturated rings. The Kier molecular flexibility index (Phi) is 31.6. The Bertz CT molecular complexity index is 707. The Hall–Kier alpha value is -1.08. The van der Waals surface area contributed by atoms with Crippen molar-refractivity contribution in [1.82, 2.24) is 0 Å². The van der Waals surface area contributed by atoms with Gasteiger partial charge in [0.2, 0.25) is 0 Å². The smallest absolute Gasteiger partial charge is 0.479 e. The number of rotatable bonds is 32. The van der Waals surface area contributed by atoms with E-state index in [1.165, 1.54) is 153 Å². The van der Waals surface area contributed by atoms with Gasteiger partial charge in [-0.1, -0.05) is 130 Å². The molecule has 0 rings (SSSR count). The highest BCUT2D eigenvalue weighted by Crippen LogP contribution is 2.29. The molecule has 0 aliphatic rings. The Labute approximate surface area is 289 Å². The molecule has 0 aromatic rings. The van der Waals surface area contributed by atoms with Crippen LogP contribution in [0, 0.1) is 0 Å². The van der Waals surface area contributed by atoms with Crippen molar-refractivity contribution in [3.63, 3.8) is 0 Å². The molecular weight excluding hydrogens is 618 g/mol. The number of hydrogen-bond donors (Lipinski definition) is 4. The number of carboxylic acid groups (broad SMARTS) is 2. The summed E-state index contributed by atoms with van der Waals surface area (Å²) in [5.74, 6) is -3.54. The summed E-state index contributed by atoms with van der Waals surface area (Å²) in [6, 6.07) is 0. The van der Waals surface area contributed by atoms with Gasteiger partial charge in [0.05, 0.1) is 31.7 Å². The number of aliphatic carboxylic acids is 2. The van der Waals surface area contributed by atoms with E-state index in [1.54, 1.807) is 21.3 Å². The Balaban J connectivity index is 0. The molecule has 3 atom stereocenters. The molecule has 0 saturated heterocycles. The van der Waals surface area contributed by atoms with Crippen LogP contribution in [-0.2, 0) is 22.9 Å². The van der Waals surface area contributed by atoms with Gasteiger partial charge in [-0.25, -0.2) is 9.59 Å². The lowest BCUT2D eigenvalue weighted by atomic mass is 10.0. The van der Waals surface area contributed by atoms with E-state index in [2.05, 4.69) is 27.7 Å². The maximum Gasteiger partial charge on any atom is 0.508 e.